The maximum atomic E-state index is 5.86. The Kier molecular flexibility index (Phi) is 7.56. The van der Waals surface area contributed by atoms with Crippen molar-refractivity contribution < 1.29 is 4.74 Å². The van der Waals surface area contributed by atoms with Crippen molar-refractivity contribution in [3.8, 4) is 0 Å². The van der Waals surface area contributed by atoms with E-state index in [4.69, 9.17) is 4.74 Å². The highest BCUT2D eigenvalue weighted by molar-refractivity contribution is 5.00. The molecule has 0 spiro atoms. The standard InChI is InChI=1S/C15H30N2O/c1-5-9-18-15-7-6-8-17(12-15)11-14(4)10-16-13(2)3/h13,15-16H,4-12H2,1-3H3. The lowest BCUT2D eigenvalue weighted by Crippen LogP contribution is -2.41. The molecule has 3 nitrogen and oxygen atoms in total. The highest BCUT2D eigenvalue weighted by atomic mass is 16.5. The molecule has 1 heterocycles. The molecule has 1 aliphatic rings. The van der Waals surface area contributed by atoms with Crippen LogP contribution in [0.5, 0.6) is 0 Å². The van der Waals surface area contributed by atoms with Crippen LogP contribution in [0.15, 0.2) is 12.2 Å². The van der Waals surface area contributed by atoms with Gasteiger partial charge < -0.3 is 10.1 Å². The normalized spacial score (nSPS) is 21.4. The van der Waals surface area contributed by atoms with Crippen LogP contribution in [0.2, 0.25) is 0 Å². The van der Waals surface area contributed by atoms with Crippen molar-refractivity contribution in [3.05, 3.63) is 12.2 Å². The SMILES string of the molecule is C=C(CNC(C)C)CN1CCCC(OCCC)C1. The van der Waals surface area contributed by atoms with Crippen LogP contribution < -0.4 is 5.32 Å². The van der Waals surface area contributed by atoms with Crippen LogP contribution in [-0.4, -0.2) is 49.8 Å². The van der Waals surface area contributed by atoms with Gasteiger partial charge in [0.05, 0.1) is 6.10 Å². The van der Waals surface area contributed by atoms with Crippen LogP contribution in [0.1, 0.15) is 40.0 Å². The highest BCUT2D eigenvalue weighted by Crippen LogP contribution is 2.14. The molecule has 0 aromatic rings. The Balaban J connectivity index is 2.22. The van der Waals surface area contributed by atoms with Gasteiger partial charge in [-0.3, -0.25) is 4.90 Å². The molecule has 0 amide bonds. The van der Waals surface area contributed by atoms with Gasteiger partial charge >= 0.3 is 0 Å². The van der Waals surface area contributed by atoms with E-state index in [1.165, 1.54) is 25.0 Å². The highest BCUT2D eigenvalue weighted by Gasteiger charge is 2.20. The molecular formula is C15H30N2O. The average molecular weight is 254 g/mol. The number of hydrogen-bond acceptors (Lipinski definition) is 3. The molecule has 3 heteroatoms. The van der Waals surface area contributed by atoms with Gasteiger partial charge in [0.15, 0.2) is 0 Å². The molecule has 0 aromatic carbocycles. The molecule has 1 saturated heterocycles. The van der Waals surface area contributed by atoms with Gasteiger partial charge in [0.2, 0.25) is 0 Å². The third kappa shape index (κ3) is 6.53. The summed E-state index contributed by atoms with van der Waals surface area (Å²) in [5, 5.41) is 3.42. The first-order valence-corrected chi connectivity index (χ1v) is 7.35. The fourth-order valence-corrected chi connectivity index (χ4v) is 2.30. The number of ether oxygens (including phenoxy) is 1. The molecule has 0 bridgehead atoms. The second kappa shape index (κ2) is 8.68. The zero-order valence-electron chi connectivity index (χ0n) is 12.4. The van der Waals surface area contributed by atoms with E-state index in [-0.39, 0.29) is 0 Å². The monoisotopic (exact) mass is 254 g/mol. The third-order valence-electron chi connectivity index (χ3n) is 3.23. The van der Waals surface area contributed by atoms with Crippen molar-refractivity contribution in [2.45, 2.75) is 52.2 Å². The molecule has 1 unspecified atom stereocenters. The van der Waals surface area contributed by atoms with E-state index < -0.39 is 0 Å². The second-order valence-corrected chi connectivity index (χ2v) is 5.66. The van der Waals surface area contributed by atoms with Gasteiger partial charge in [0, 0.05) is 32.3 Å². The molecule has 0 aromatic heterocycles. The Morgan fingerprint density at radius 1 is 1.50 bits per heavy atom. The lowest BCUT2D eigenvalue weighted by atomic mass is 10.1. The summed E-state index contributed by atoms with van der Waals surface area (Å²) in [6.45, 7) is 15.8. The van der Waals surface area contributed by atoms with Crippen molar-refractivity contribution in [1.82, 2.24) is 10.2 Å². The summed E-state index contributed by atoms with van der Waals surface area (Å²) in [6, 6.07) is 0.531. The zero-order chi connectivity index (χ0) is 13.4. The van der Waals surface area contributed by atoms with E-state index in [9.17, 15) is 0 Å². The second-order valence-electron chi connectivity index (χ2n) is 5.66. The topological polar surface area (TPSA) is 24.5 Å². The van der Waals surface area contributed by atoms with E-state index in [0.717, 1.165) is 32.7 Å². The van der Waals surface area contributed by atoms with Gasteiger partial charge in [0.25, 0.3) is 0 Å². The summed E-state index contributed by atoms with van der Waals surface area (Å²) >= 11 is 0. The number of likely N-dealkylation sites (tertiary alicyclic amines) is 1. The molecule has 0 saturated carbocycles. The fraction of sp³-hybridized carbons (Fsp3) is 0.867. The molecule has 0 aliphatic carbocycles. The summed E-state index contributed by atoms with van der Waals surface area (Å²) in [4.78, 5) is 2.48. The third-order valence-corrected chi connectivity index (χ3v) is 3.23. The first-order valence-electron chi connectivity index (χ1n) is 7.35. The Bertz CT molecular complexity index is 241. The first-order chi connectivity index (χ1) is 8.61. The van der Waals surface area contributed by atoms with Crippen molar-refractivity contribution in [3.63, 3.8) is 0 Å². The molecule has 18 heavy (non-hydrogen) atoms. The summed E-state index contributed by atoms with van der Waals surface area (Å²) < 4.78 is 5.86. The minimum atomic E-state index is 0.435. The first kappa shape index (κ1) is 15.7. The van der Waals surface area contributed by atoms with Crippen molar-refractivity contribution >= 4 is 0 Å². The number of nitrogens with one attached hydrogen (secondary N) is 1. The van der Waals surface area contributed by atoms with Crippen LogP contribution >= 0.6 is 0 Å². The summed E-state index contributed by atoms with van der Waals surface area (Å²) in [5.74, 6) is 0. The van der Waals surface area contributed by atoms with Crippen LogP contribution in [0, 0.1) is 0 Å². The molecule has 1 rings (SSSR count). The van der Waals surface area contributed by atoms with Crippen molar-refractivity contribution in [2.24, 2.45) is 0 Å². The lowest BCUT2D eigenvalue weighted by molar-refractivity contribution is 0.00236. The summed E-state index contributed by atoms with van der Waals surface area (Å²) in [6.07, 6.45) is 4.01. The number of nitrogens with zero attached hydrogens (tertiary/aromatic N) is 1. The van der Waals surface area contributed by atoms with Gasteiger partial charge in [-0.1, -0.05) is 27.4 Å². The quantitative estimate of drug-likeness (QED) is 0.673. The number of rotatable bonds is 8. The van der Waals surface area contributed by atoms with E-state index >= 15 is 0 Å². The molecule has 1 fully saturated rings. The van der Waals surface area contributed by atoms with E-state index in [0.29, 0.717) is 12.1 Å². The van der Waals surface area contributed by atoms with Gasteiger partial charge in [-0.25, -0.2) is 0 Å². The van der Waals surface area contributed by atoms with Crippen molar-refractivity contribution in [1.29, 1.82) is 0 Å². The smallest absolute Gasteiger partial charge is 0.0702 e. The molecule has 1 atom stereocenters. The van der Waals surface area contributed by atoms with Gasteiger partial charge in [-0.05, 0) is 31.4 Å². The molecule has 106 valence electrons. The van der Waals surface area contributed by atoms with E-state index in [1.54, 1.807) is 0 Å². The molecule has 1 aliphatic heterocycles. The maximum absolute atomic E-state index is 5.86. The largest absolute Gasteiger partial charge is 0.377 e. The van der Waals surface area contributed by atoms with Gasteiger partial charge in [0.1, 0.15) is 0 Å². The van der Waals surface area contributed by atoms with E-state index in [1.807, 2.05) is 0 Å². The zero-order valence-corrected chi connectivity index (χ0v) is 12.4. The number of piperidine rings is 1. The summed E-state index contributed by atoms with van der Waals surface area (Å²) in [5.41, 5.74) is 1.28. The molecule has 1 N–H and O–H groups in total. The fourth-order valence-electron chi connectivity index (χ4n) is 2.30. The maximum Gasteiger partial charge on any atom is 0.0702 e. The summed E-state index contributed by atoms with van der Waals surface area (Å²) in [7, 11) is 0. The number of hydrogen-bond donors (Lipinski definition) is 1. The van der Waals surface area contributed by atoms with Gasteiger partial charge in [-0.15, -0.1) is 0 Å². The van der Waals surface area contributed by atoms with Crippen LogP contribution in [0.4, 0.5) is 0 Å². The Hall–Kier alpha value is -0.380. The Morgan fingerprint density at radius 2 is 2.28 bits per heavy atom. The Labute approximate surface area is 113 Å². The van der Waals surface area contributed by atoms with Gasteiger partial charge in [-0.2, -0.15) is 0 Å². The minimum absolute atomic E-state index is 0.435. The Morgan fingerprint density at radius 3 is 2.94 bits per heavy atom. The molecular weight excluding hydrogens is 224 g/mol. The molecule has 0 radical (unpaired) electrons. The lowest BCUT2D eigenvalue weighted by Gasteiger charge is -2.33. The van der Waals surface area contributed by atoms with Crippen LogP contribution in [0.3, 0.4) is 0 Å². The predicted octanol–water partition coefficient (Wildman–Crippen LogP) is 2.43. The van der Waals surface area contributed by atoms with Crippen molar-refractivity contribution in [2.75, 3.05) is 32.8 Å². The predicted molar refractivity (Wildman–Crippen MR) is 78.0 cm³/mol. The van der Waals surface area contributed by atoms with Crippen LogP contribution in [0.25, 0.3) is 0 Å². The van der Waals surface area contributed by atoms with Crippen LogP contribution in [-0.2, 0) is 4.74 Å². The average Bonchev–Trinajstić information content (AvgIpc) is 2.34. The van der Waals surface area contributed by atoms with E-state index in [2.05, 4.69) is 37.6 Å². The minimum Gasteiger partial charge on any atom is -0.377 e.